The fraction of sp³-hybridized carbons (Fsp3) is 0.350. The Kier molecular flexibility index (Phi) is 7.75. The van der Waals surface area contributed by atoms with Crippen LogP contribution < -0.4 is 20.1 Å². The molecule has 0 saturated carbocycles. The molecule has 0 bridgehead atoms. The van der Waals surface area contributed by atoms with Crippen molar-refractivity contribution in [3.05, 3.63) is 52.5 Å². The van der Waals surface area contributed by atoms with Gasteiger partial charge < -0.3 is 20.1 Å². The molecule has 2 N–H and O–H groups in total. The van der Waals surface area contributed by atoms with Crippen molar-refractivity contribution < 1.29 is 14.3 Å². The summed E-state index contributed by atoms with van der Waals surface area (Å²) in [6, 6.07) is 11.3. The van der Waals surface area contributed by atoms with Crippen LogP contribution in [0, 0.1) is 13.8 Å². The number of ether oxygens (including phenoxy) is 2. The Hall–Kier alpha value is -2.24. The molecule has 0 atom stereocenters. The topological polar surface area (TPSA) is 59.6 Å². The maximum absolute atomic E-state index is 12.1. The normalized spacial score (nSPS) is 10.5. The molecule has 0 saturated heterocycles. The summed E-state index contributed by atoms with van der Waals surface area (Å²) >= 11 is 6.20. The molecule has 6 heteroatoms. The van der Waals surface area contributed by atoms with Gasteiger partial charge in [0.25, 0.3) is 0 Å². The van der Waals surface area contributed by atoms with Crippen molar-refractivity contribution in [2.75, 3.05) is 32.1 Å². The van der Waals surface area contributed by atoms with Crippen LogP contribution in [0.5, 0.6) is 11.5 Å². The third kappa shape index (κ3) is 6.24. The minimum absolute atomic E-state index is 0.0672. The van der Waals surface area contributed by atoms with Gasteiger partial charge in [0.15, 0.2) is 0 Å². The first-order chi connectivity index (χ1) is 12.5. The fourth-order valence-electron chi connectivity index (χ4n) is 2.52. The Morgan fingerprint density at radius 3 is 2.42 bits per heavy atom. The minimum Gasteiger partial charge on any atom is -0.497 e. The molecule has 0 aliphatic heterocycles. The predicted molar refractivity (Wildman–Crippen MR) is 106 cm³/mol. The first kappa shape index (κ1) is 20.1. The van der Waals surface area contributed by atoms with Crippen LogP contribution in [0.1, 0.15) is 17.5 Å². The van der Waals surface area contributed by atoms with E-state index >= 15 is 0 Å². The van der Waals surface area contributed by atoms with Crippen molar-refractivity contribution in [3.8, 4) is 11.5 Å². The van der Waals surface area contributed by atoms with Crippen LogP contribution in [0.15, 0.2) is 36.4 Å². The van der Waals surface area contributed by atoms with E-state index in [1.165, 1.54) is 0 Å². The number of aryl methyl sites for hydroxylation is 2. The predicted octanol–water partition coefficient (Wildman–Crippen LogP) is 3.96. The number of halogens is 1. The molecule has 0 aromatic heterocycles. The lowest BCUT2D eigenvalue weighted by molar-refractivity contribution is -0.116. The summed E-state index contributed by atoms with van der Waals surface area (Å²) in [6.45, 7) is 5.66. The number of amides is 1. The lowest BCUT2D eigenvalue weighted by atomic mass is 10.1. The number of hydrogen-bond donors (Lipinski definition) is 2. The molecule has 140 valence electrons. The van der Waals surface area contributed by atoms with Gasteiger partial charge in [0.05, 0.1) is 17.8 Å². The second-order valence-electron chi connectivity index (χ2n) is 6.01. The Morgan fingerprint density at radius 2 is 1.77 bits per heavy atom. The zero-order valence-electron chi connectivity index (χ0n) is 15.4. The molecule has 0 fully saturated rings. The van der Waals surface area contributed by atoms with Crippen LogP contribution in [-0.4, -0.2) is 32.7 Å². The van der Waals surface area contributed by atoms with Crippen LogP contribution >= 0.6 is 11.6 Å². The summed E-state index contributed by atoms with van der Waals surface area (Å²) in [7, 11) is 1.63. The van der Waals surface area contributed by atoms with E-state index in [1.807, 2.05) is 50.2 Å². The molecule has 0 aliphatic carbocycles. The molecule has 2 aromatic carbocycles. The van der Waals surface area contributed by atoms with E-state index < -0.39 is 0 Å². The number of nitrogens with one attached hydrogen (secondary N) is 2. The van der Waals surface area contributed by atoms with Gasteiger partial charge in [-0.2, -0.15) is 0 Å². The summed E-state index contributed by atoms with van der Waals surface area (Å²) in [5.74, 6) is 1.52. The van der Waals surface area contributed by atoms with E-state index in [0.29, 0.717) is 36.8 Å². The Morgan fingerprint density at radius 1 is 1.08 bits per heavy atom. The maximum atomic E-state index is 12.1. The van der Waals surface area contributed by atoms with E-state index in [4.69, 9.17) is 21.1 Å². The quantitative estimate of drug-likeness (QED) is 0.650. The fourth-order valence-corrected chi connectivity index (χ4v) is 2.88. The highest BCUT2D eigenvalue weighted by Gasteiger charge is 2.09. The van der Waals surface area contributed by atoms with Crippen LogP contribution in [0.2, 0.25) is 5.02 Å². The maximum Gasteiger partial charge on any atom is 0.225 e. The highest BCUT2D eigenvalue weighted by molar-refractivity contribution is 6.34. The summed E-state index contributed by atoms with van der Waals surface area (Å²) < 4.78 is 10.7. The molecular weight excluding hydrogens is 352 g/mol. The van der Waals surface area contributed by atoms with Gasteiger partial charge >= 0.3 is 0 Å². The van der Waals surface area contributed by atoms with Gasteiger partial charge in [0, 0.05) is 19.5 Å². The van der Waals surface area contributed by atoms with Crippen molar-refractivity contribution >= 4 is 23.2 Å². The van der Waals surface area contributed by atoms with Crippen molar-refractivity contribution in [2.45, 2.75) is 20.3 Å². The van der Waals surface area contributed by atoms with E-state index in [0.717, 1.165) is 22.6 Å². The van der Waals surface area contributed by atoms with Crippen LogP contribution in [0.4, 0.5) is 5.69 Å². The van der Waals surface area contributed by atoms with Crippen LogP contribution in [-0.2, 0) is 4.79 Å². The van der Waals surface area contributed by atoms with Crippen LogP contribution in [0.3, 0.4) is 0 Å². The van der Waals surface area contributed by atoms with Gasteiger partial charge in [0.1, 0.15) is 18.1 Å². The molecule has 0 unspecified atom stereocenters. The summed E-state index contributed by atoms with van der Waals surface area (Å²) in [5, 5.41) is 6.64. The standard InChI is InChI=1S/C20H25ClN2O3/c1-14-12-15(2)20(18(21)13-14)23-19(24)8-9-22-10-11-26-17-6-4-16(25-3)5-7-17/h4-7,12-13,22H,8-11H2,1-3H3,(H,23,24). The van der Waals surface area contributed by atoms with Gasteiger partial charge in [-0.05, 0) is 55.3 Å². The monoisotopic (exact) mass is 376 g/mol. The van der Waals surface area contributed by atoms with Gasteiger partial charge in [-0.3, -0.25) is 4.79 Å². The molecule has 1 amide bonds. The Bertz CT molecular complexity index is 709. The van der Waals surface area contributed by atoms with Crippen molar-refractivity contribution in [1.29, 1.82) is 0 Å². The van der Waals surface area contributed by atoms with Gasteiger partial charge in [-0.15, -0.1) is 0 Å². The number of benzene rings is 2. The first-order valence-electron chi connectivity index (χ1n) is 8.54. The van der Waals surface area contributed by atoms with Gasteiger partial charge in [0.2, 0.25) is 5.91 Å². The number of carbonyl (C=O) groups is 1. The molecule has 2 rings (SSSR count). The largest absolute Gasteiger partial charge is 0.497 e. The van der Waals surface area contributed by atoms with Crippen molar-refractivity contribution in [2.24, 2.45) is 0 Å². The average molecular weight is 377 g/mol. The third-order valence-electron chi connectivity index (χ3n) is 3.83. The van der Waals surface area contributed by atoms with E-state index in [1.54, 1.807) is 7.11 Å². The average Bonchev–Trinajstić information content (AvgIpc) is 2.61. The number of carbonyl (C=O) groups excluding carboxylic acids is 1. The molecular formula is C20H25ClN2O3. The second kappa shape index (κ2) is 10.0. The number of rotatable bonds is 9. The highest BCUT2D eigenvalue weighted by Crippen LogP contribution is 2.27. The molecule has 2 aromatic rings. The molecule has 0 aliphatic rings. The molecule has 0 heterocycles. The lowest BCUT2D eigenvalue weighted by Gasteiger charge is -2.12. The van der Waals surface area contributed by atoms with Crippen molar-refractivity contribution in [1.82, 2.24) is 5.32 Å². The number of hydrogen-bond acceptors (Lipinski definition) is 4. The van der Waals surface area contributed by atoms with Gasteiger partial charge in [-0.25, -0.2) is 0 Å². The Labute approximate surface area is 159 Å². The molecule has 26 heavy (non-hydrogen) atoms. The zero-order chi connectivity index (χ0) is 18.9. The second-order valence-corrected chi connectivity index (χ2v) is 6.42. The minimum atomic E-state index is -0.0672. The molecule has 0 spiro atoms. The number of anilines is 1. The zero-order valence-corrected chi connectivity index (χ0v) is 16.2. The van der Waals surface area contributed by atoms with E-state index in [-0.39, 0.29) is 5.91 Å². The molecule has 0 radical (unpaired) electrons. The summed E-state index contributed by atoms with van der Waals surface area (Å²) in [5.41, 5.74) is 2.72. The SMILES string of the molecule is COc1ccc(OCCNCCC(=O)Nc2c(C)cc(C)cc2Cl)cc1. The van der Waals surface area contributed by atoms with Crippen LogP contribution in [0.25, 0.3) is 0 Å². The van der Waals surface area contributed by atoms with E-state index in [9.17, 15) is 4.79 Å². The highest BCUT2D eigenvalue weighted by atomic mass is 35.5. The van der Waals surface area contributed by atoms with Gasteiger partial charge in [-0.1, -0.05) is 17.7 Å². The first-order valence-corrected chi connectivity index (χ1v) is 8.91. The number of methoxy groups -OCH3 is 1. The van der Waals surface area contributed by atoms with Crippen molar-refractivity contribution in [3.63, 3.8) is 0 Å². The summed E-state index contributed by atoms with van der Waals surface area (Å²) in [4.78, 5) is 12.1. The Balaban J connectivity index is 1.64. The summed E-state index contributed by atoms with van der Waals surface area (Å²) in [6.07, 6.45) is 0.367. The molecule has 5 nitrogen and oxygen atoms in total. The third-order valence-corrected chi connectivity index (χ3v) is 4.13. The smallest absolute Gasteiger partial charge is 0.225 e. The lowest BCUT2D eigenvalue weighted by Crippen LogP contribution is -2.26. The van der Waals surface area contributed by atoms with E-state index in [2.05, 4.69) is 10.6 Å².